The summed E-state index contributed by atoms with van der Waals surface area (Å²) in [5, 5.41) is 3.36. The van der Waals surface area contributed by atoms with Crippen molar-refractivity contribution in [1.82, 2.24) is 0 Å². The van der Waals surface area contributed by atoms with E-state index in [9.17, 15) is 4.79 Å². The van der Waals surface area contributed by atoms with Crippen LogP contribution in [-0.2, 0) is 0 Å². The normalized spacial score (nSPS) is 12.5. The van der Waals surface area contributed by atoms with Gasteiger partial charge in [-0.25, -0.2) is 0 Å². The largest absolute Gasteiger partial charge is 0.381 e. The molecule has 0 fully saturated rings. The van der Waals surface area contributed by atoms with Crippen LogP contribution in [-0.4, -0.2) is 18.5 Å². The van der Waals surface area contributed by atoms with Crippen molar-refractivity contribution >= 4 is 17.7 Å². The van der Waals surface area contributed by atoms with Gasteiger partial charge in [-0.15, -0.1) is 0 Å². The molecule has 0 aromatic heterocycles. The van der Waals surface area contributed by atoms with Gasteiger partial charge in [-0.3, -0.25) is 9.79 Å². The third-order valence-electron chi connectivity index (χ3n) is 3.13. The van der Waals surface area contributed by atoms with Crippen LogP contribution in [0.25, 0.3) is 0 Å². The molecule has 0 heterocycles. The van der Waals surface area contributed by atoms with Gasteiger partial charge in [0.1, 0.15) is 0 Å². The number of rotatable bonds is 5. The molecular formula is C16H22N2O. The quantitative estimate of drug-likeness (QED) is 0.640. The Morgan fingerprint density at radius 2 is 2.00 bits per heavy atom. The van der Waals surface area contributed by atoms with Crippen molar-refractivity contribution in [2.24, 2.45) is 4.99 Å². The molecule has 0 amide bonds. The van der Waals surface area contributed by atoms with E-state index in [-0.39, 0.29) is 5.78 Å². The molecule has 19 heavy (non-hydrogen) atoms. The van der Waals surface area contributed by atoms with Gasteiger partial charge in [0.2, 0.25) is 0 Å². The molecule has 0 bridgehead atoms. The summed E-state index contributed by atoms with van der Waals surface area (Å²) in [7, 11) is 0. The van der Waals surface area contributed by atoms with E-state index >= 15 is 0 Å². The molecule has 0 saturated carbocycles. The topological polar surface area (TPSA) is 41.5 Å². The summed E-state index contributed by atoms with van der Waals surface area (Å²) >= 11 is 0. The van der Waals surface area contributed by atoms with E-state index in [1.165, 1.54) is 5.57 Å². The van der Waals surface area contributed by atoms with E-state index in [1.807, 2.05) is 39.0 Å². The highest BCUT2D eigenvalue weighted by Gasteiger charge is 2.04. The summed E-state index contributed by atoms with van der Waals surface area (Å²) in [5.41, 5.74) is 5.08. The molecular weight excluding hydrogens is 236 g/mol. The fourth-order valence-electron chi connectivity index (χ4n) is 1.69. The third-order valence-corrected chi connectivity index (χ3v) is 3.13. The van der Waals surface area contributed by atoms with E-state index in [2.05, 4.69) is 17.2 Å². The predicted molar refractivity (Wildman–Crippen MR) is 82.2 cm³/mol. The Hall–Kier alpha value is -1.90. The first-order valence-electron chi connectivity index (χ1n) is 6.46. The van der Waals surface area contributed by atoms with Crippen molar-refractivity contribution in [2.45, 2.75) is 34.6 Å². The minimum atomic E-state index is 0.0853. The van der Waals surface area contributed by atoms with Crippen molar-refractivity contribution in [2.75, 3.05) is 11.9 Å². The fourth-order valence-corrected chi connectivity index (χ4v) is 1.69. The lowest BCUT2D eigenvalue weighted by Crippen LogP contribution is -2.06. The van der Waals surface area contributed by atoms with Crippen LogP contribution >= 0.6 is 0 Å². The van der Waals surface area contributed by atoms with Crippen LogP contribution in [0.3, 0.4) is 0 Å². The summed E-state index contributed by atoms with van der Waals surface area (Å²) in [6.07, 6.45) is 1.79. The second-order valence-electron chi connectivity index (χ2n) is 4.69. The van der Waals surface area contributed by atoms with E-state index in [0.29, 0.717) is 0 Å². The number of allylic oxidation sites excluding steroid dienone is 1. The monoisotopic (exact) mass is 258 g/mol. The molecule has 102 valence electrons. The number of hydrogen-bond acceptors (Lipinski definition) is 3. The van der Waals surface area contributed by atoms with Gasteiger partial charge in [0, 0.05) is 29.7 Å². The van der Waals surface area contributed by atoms with Crippen molar-refractivity contribution in [3.05, 3.63) is 40.6 Å². The lowest BCUT2D eigenvalue weighted by atomic mass is 10.1. The minimum Gasteiger partial charge on any atom is -0.381 e. The van der Waals surface area contributed by atoms with Crippen molar-refractivity contribution in [3.63, 3.8) is 0 Å². The zero-order valence-corrected chi connectivity index (χ0v) is 12.4. The number of carbonyl (C=O) groups is 1. The molecule has 0 aliphatic carbocycles. The second kappa shape index (κ2) is 6.88. The number of nitrogens with one attached hydrogen (secondary N) is 1. The Morgan fingerprint density at radius 1 is 1.32 bits per heavy atom. The molecule has 0 unspecified atom stereocenters. The number of nitrogens with zero attached hydrogens (tertiary/aromatic N) is 1. The van der Waals surface area contributed by atoms with Gasteiger partial charge in [-0.1, -0.05) is 12.1 Å². The van der Waals surface area contributed by atoms with Gasteiger partial charge in [0.15, 0.2) is 5.78 Å². The molecule has 0 radical (unpaired) electrons. The van der Waals surface area contributed by atoms with Gasteiger partial charge in [0.05, 0.1) is 0 Å². The summed E-state index contributed by atoms with van der Waals surface area (Å²) < 4.78 is 0. The molecule has 0 saturated heterocycles. The Morgan fingerprint density at radius 3 is 2.58 bits per heavy atom. The van der Waals surface area contributed by atoms with Crippen LogP contribution in [0.1, 0.15) is 43.6 Å². The zero-order valence-electron chi connectivity index (χ0n) is 12.4. The van der Waals surface area contributed by atoms with E-state index in [1.54, 1.807) is 13.1 Å². The highest BCUT2D eigenvalue weighted by atomic mass is 16.1. The Labute approximate surface area is 115 Å². The summed E-state index contributed by atoms with van der Waals surface area (Å²) in [6, 6.07) is 5.73. The molecule has 0 atom stereocenters. The molecule has 1 aromatic rings. The maximum atomic E-state index is 11.4. The SMILES string of the molecule is CC=N/C(C)=C(/C)CNc1cc(C(C)=O)ccc1C. The van der Waals surface area contributed by atoms with Gasteiger partial charge < -0.3 is 5.32 Å². The summed E-state index contributed by atoms with van der Waals surface area (Å²) in [6.45, 7) is 10.3. The third kappa shape index (κ3) is 4.36. The first kappa shape index (κ1) is 15.2. The van der Waals surface area contributed by atoms with Gasteiger partial charge >= 0.3 is 0 Å². The van der Waals surface area contributed by atoms with Crippen LogP contribution in [0.4, 0.5) is 5.69 Å². The fraction of sp³-hybridized carbons (Fsp3) is 0.375. The van der Waals surface area contributed by atoms with Gasteiger partial charge in [-0.2, -0.15) is 0 Å². The maximum Gasteiger partial charge on any atom is 0.159 e. The van der Waals surface area contributed by atoms with Crippen molar-refractivity contribution in [1.29, 1.82) is 0 Å². The smallest absolute Gasteiger partial charge is 0.159 e. The number of anilines is 1. The van der Waals surface area contributed by atoms with Crippen LogP contribution in [0.5, 0.6) is 0 Å². The highest BCUT2D eigenvalue weighted by Crippen LogP contribution is 2.18. The van der Waals surface area contributed by atoms with Crippen LogP contribution in [0, 0.1) is 6.92 Å². The van der Waals surface area contributed by atoms with Gasteiger partial charge in [-0.05, 0) is 51.8 Å². The molecule has 3 nitrogen and oxygen atoms in total. The first-order chi connectivity index (χ1) is 8.95. The average molecular weight is 258 g/mol. The molecule has 1 N–H and O–H groups in total. The summed E-state index contributed by atoms with van der Waals surface area (Å²) in [5.74, 6) is 0.0853. The lowest BCUT2D eigenvalue weighted by molar-refractivity contribution is 0.101. The molecule has 0 spiro atoms. The average Bonchev–Trinajstić information content (AvgIpc) is 2.37. The van der Waals surface area contributed by atoms with Crippen LogP contribution in [0.15, 0.2) is 34.5 Å². The number of aryl methyl sites for hydroxylation is 1. The standard InChI is InChI=1S/C16H22N2O/c1-6-17-13(4)12(3)10-18-16-9-15(14(5)19)8-7-11(16)2/h6-9,18H,10H2,1-5H3/b13-12-,17-6?. The number of ketones is 1. The number of carbonyl (C=O) groups excluding carboxylic acids is 1. The minimum absolute atomic E-state index is 0.0853. The van der Waals surface area contributed by atoms with E-state index < -0.39 is 0 Å². The molecule has 1 rings (SSSR count). The molecule has 3 heteroatoms. The maximum absolute atomic E-state index is 11.4. The Bertz CT molecular complexity index is 528. The number of benzene rings is 1. The zero-order chi connectivity index (χ0) is 14.4. The van der Waals surface area contributed by atoms with Crippen molar-refractivity contribution < 1.29 is 4.79 Å². The van der Waals surface area contributed by atoms with E-state index in [4.69, 9.17) is 0 Å². The Kier molecular flexibility index (Phi) is 5.49. The second-order valence-corrected chi connectivity index (χ2v) is 4.69. The van der Waals surface area contributed by atoms with Crippen molar-refractivity contribution in [3.8, 4) is 0 Å². The number of Topliss-reactive ketones (excluding diaryl/α,β-unsaturated/α-hetero) is 1. The number of aliphatic imine (C=N–C) groups is 1. The number of hydrogen-bond donors (Lipinski definition) is 1. The molecule has 0 aliphatic rings. The Balaban J connectivity index is 2.86. The van der Waals surface area contributed by atoms with Crippen LogP contribution < -0.4 is 5.32 Å². The molecule has 1 aromatic carbocycles. The van der Waals surface area contributed by atoms with E-state index in [0.717, 1.165) is 29.1 Å². The first-order valence-corrected chi connectivity index (χ1v) is 6.46. The van der Waals surface area contributed by atoms with Gasteiger partial charge in [0.25, 0.3) is 0 Å². The summed E-state index contributed by atoms with van der Waals surface area (Å²) in [4.78, 5) is 15.6. The molecule has 0 aliphatic heterocycles. The van der Waals surface area contributed by atoms with Crippen LogP contribution in [0.2, 0.25) is 0 Å². The highest BCUT2D eigenvalue weighted by molar-refractivity contribution is 5.95. The predicted octanol–water partition coefficient (Wildman–Crippen LogP) is 3.99. The lowest BCUT2D eigenvalue weighted by Gasteiger charge is -2.12.